The van der Waals surface area contributed by atoms with Gasteiger partial charge < -0.3 is 10.1 Å². The first-order valence-corrected chi connectivity index (χ1v) is 7.29. The summed E-state index contributed by atoms with van der Waals surface area (Å²) >= 11 is 0. The number of carbonyl (C=O) groups excluding carboxylic acids is 1. The molecule has 0 saturated heterocycles. The van der Waals surface area contributed by atoms with Gasteiger partial charge in [-0.15, -0.1) is 0 Å². The van der Waals surface area contributed by atoms with Crippen LogP contribution in [0, 0.1) is 5.92 Å². The van der Waals surface area contributed by atoms with E-state index in [0.29, 0.717) is 13.2 Å². The molecule has 1 aliphatic rings. The highest BCUT2D eigenvalue weighted by Gasteiger charge is 2.21. The van der Waals surface area contributed by atoms with E-state index in [-0.39, 0.29) is 11.8 Å². The van der Waals surface area contributed by atoms with Gasteiger partial charge >= 0.3 is 0 Å². The lowest BCUT2D eigenvalue weighted by molar-refractivity contribution is -0.124. The van der Waals surface area contributed by atoms with Crippen molar-refractivity contribution in [1.29, 1.82) is 0 Å². The predicted octanol–water partition coefficient (Wildman–Crippen LogP) is 2.93. The monoisotopic (exact) mass is 261 g/mol. The smallest absolute Gasteiger partial charge is 0.223 e. The number of amides is 1. The van der Waals surface area contributed by atoms with Crippen molar-refractivity contribution in [3.8, 4) is 5.75 Å². The molecule has 0 radical (unpaired) electrons. The maximum absolute atomic E-state index is 11.8. The summed E-state index contributed by atoms with van der Waals surface area (Å²) in [5.41, 5.74) is 1.31. The Labute approximate surface area is 115 Å². The number of nitrogens with one attached hydrogen (secondary N) is 1. The van der Waals surface area contributed by atoms with Gasteiger partial charge in [0.1, 0.15) is 12.4 Å². The van der Waals surface area contributed by atoms with E-state index >= 15 is 0 Å². The molecule has 0 spiro atoms. The van der Waals surface area contributed by atoms with Crippen molar-refractivity contribution in [1.82, 2.24) is 5.32 Å². The lowest BCUT2D eigenvalue weighted by Gasteiger charge is -2.11. The molecule has 104 valence electrons. The number of carbonyl (C=O) groups is 1. The highest BCUT2D eigenvalue weighted by Crippen LogP contribution is 2.24. The number of aryl methyl sites for hydroxylation is 1. The van der Waals surface area contributed by atoms with Crippen LogP contribution in [0.25, 0.3) is 0 Å². The first-order chi connectivity index (χ1) is 9.29. The minimum atomic E-state index is 0.197. The van der Waals surface area contributed by atoms with Crippen LogP contribution in [0.3, 0.4) is 0 Å². The van der Waals surface area contributed by atoms with Gasteiger partial charge in [0.25, 0.3) is 0 Å². The summed E-state index contributed by atoms with van der Waals surface area (Å²) < 4.78 is 5.60. The highest BCUT2D eigenvalue weighted by atomic mass is 16.5. The van der Waals surface area contributed by atoms with Gasteiger partial charge in [-0.25, -0.2) is 0 Å². The SMILES string of the molecule is CCc1ccc(OCCNC(=O)C2CCCC2)cc1. The number of ether oxygens (including phenoxy) is 1. The van der Waals surface area contributed by atoms with Crippen LogP contribution in [0.15, 0.2) is 24.3 Å². The largest absolute Gasteiger partial charge is 0.492 e. The maximum atomic E-state index is 11.8. The summed E-state index contributed by atoms with van der Waals surface area (Å²) in [6.45, 7) is 3.25. The van der Waals surface area contributed by atoms with E-state index < -0.39 is 0 Å². The molecule has 1 aliphatic carbocycles. The molecule has 1 amide bonds. The topological polar surface area (TPSA) is 38.3 Å². The lowest BCUT2D eigenvalue weighted by Crippen LogP contribution is -2.32. The number of hydrogen-bond acceptors (Lipinski definition) is 2. The van der Waals surface area contributed by atoms with Crippen LogP contribution >= 0.6 is 0 Å². The van der Waals surface area contributed by atoms with Crippen molar-refractivity contribution in [3.05, 3.63) is 29.8 Å². The number of hydrogen-bond donors (Lipinski definition) is 1. The van der Waals surface area contributed by atoms with E-state index in [9.17, 15) is 4.79 Å². The molecule has 0 bridgehead atoms. The quantitative estimate of drug-likeness (QED) is 0.800. The standard InChI is InChI=1S/C16H23NO2/c1-2-13-7-9-15(10-8-13)19-12-11-17-16(18)14-5-3-4-6-14/h7-10,14H,2-6,11-12H2,1H3,(H,17,18). The molecule has 1 fully saturated rings. The molecule has 1 saturated carbocycles. The van der Waals surface area contributed by atoms with Crippen LogP contribution in [-0.4, -0.2) is 19.1 Å². The van der Waals surface area contributed by atoms with Crippen LogP contribution in [0.1, 0.15) is 38.2 Å². The zero-order valence-electron chi connectivity index (χ0n) is 11.7. The number of benzene rings is 1. The van der Waals surface area contributed by atoms with Crippen LogP contribution in [0.2, 0.25) is 0 Å². The fourth-order valence-electron chi connectivity index (χ4n) is 2.50. The third-order valence-electron chi connectivity index (χ3n) is 3.73. The third kappa shape index (κ3) is 4.27. The first-order valence-electron chi connectivity index (χ1n) is 7.29. The van der Waals surface area contributed by atoms with E-state index in [1.165, 1.54) is 18.4 Å². The average molecular weight is 261 g/mol. The molecule has 0 aromatic heterocycles. The lowest BCUT2D eigenvalue weighted by atomic mass is 10.1. The Bertz CT molecular complexity index is 394. The molecular weight excluding hydrogens is 238 g/mol. The van der Waals surface area contributed by atoms with E-state index in [4.69, 9.17) is 4.74 Å². The fraction of sp³-hybridized carbons (Fsp3) is 0.562. The second-order valence-corrected chi connectivity index (χ2v) is 5.12. The van der Waals surface area contributed by atoms with Gasteiger partial charge in [-0.3, -0.25) is 4.79 Å². The Morgan fingerprint density at radius 1 is 1.26 bits per heavy atom. The molecule has 0 aliphatic heterocycles. The van der Waals surface area contributed by atoms with Gasteiger partial charge in [0, 0.05) is 5.92 Å². The fourth-order valence-corrected chi connectivity index (χ4v) is 2.50. The van der Waals surface area contributed by atoms with Gasteiger partial charge in [-0.1, -0.05) is 31.9 Å². The molecule has 3 heteroatoms. The summed E-state index contributed by atoms with van der Waals surface area (Å²) in [5, 5.41) is 2.95. The molecular formula is C16H23NO2. The molecule has 3 nitrogen and oxygen atoms in total. The third-order valence-corrected chi connectivity index (χ3v) is 3.73. The Balaban J connectivity index is 1.64. The van der Waals surface area contributed by atoms with Crippen LogP contribution in [-0.2, 0) is 11.2 Å². The second-order valence-electron chi connectivity index (χ2n) is 5.12. The summed E-state index contributed by atoms with van der Waals surface area (Å²) in [5.74, 6) is 1.30. The van der Waals surface area contributed by atoms with Crippen molar-refractivity contribution in [2.24, 2.45) is 5.92 Å². The van der Waals surface area contributed by atoms with Gasteiger partial charge in [-0.05, 0) is 37.0 Å². The zero-order chi connectivity index (χ0) is 13.5. The molecule has 1 aromatic rings. The molecule has 0 heterocycles. The Morgan fingerprint density at radius 3 is 2.58 bits per heavy atom. The summed E-state index contributed by atoms with van der Waals surface area (Å²) in [6.07, 6.45) is 5.52. The van der Waals surface area contributed by atoms with E-state index in [0.717, 1.165) is 25.0 Å². The molecule has 1 aromatic carbocycles. The van der Waals surface area contributed by atoms with Gasteiger partial charge in [0.05, 0.1) is 6.54 Å². The Morgan fingerprint density at radius 2 is 1.95 bits per heavy atom. The summed E-state index contributed by atoms with van der Waals surface area (Å²) in [4.78, 5) is 11.8. The highest BCUT2D eigenvalue weighted by molar-refractivity contribution is 5.78. The molecule has 19 heavy (non-hydrogen) atoms. The van der Waals surface area contributed by atoms with Crippen molar-refractivity contribution in [3.63, 3.8) is 0 Å². The molecule has 2 rings (SSSR count). The molecule has 1 N–H and O–H groups in total. The maximum Gasteiger partial charge on any atom is 0.223 e. The Kier molecular flexibility index (Phi) is 5.25. The van der Waals surface area contributed by atoms with E-state index in [1.54, 1.807) is 0 Å². The van der Waals surface area contributed by atoms with Crippen molar-refractivity contribution in [2.45, 2.75) is 39.0 Å². The summed E-state index contributed by atoms with van der Waals surface area (Å²) in [6, 6.07) is 8.12. The predicted molar refractivity (Wildman–Crippen MR) is 76.3 cm³/mol. The van der Waals surface area contributed by atoms with Gasteiger partial charge in [-0.2, -0.15) is 0 Å². The molecule has 0 unspecified atom stereocenters. The first kappa shape index (κ1) is 13.9. The summed E-state index contributed by atoms with van der Waals surface area (Å²) in [7, 11) is 0. The second kappa shape index (κ2) is 7.17. The minimum absolute atomic E-state index is 0.197. The van der Waals surface area contributed by atoms with Crippen molar-refractivity contribution >= 4 is 5.91 Å². The Hall–Kier alpha value is -1.51. The zero-order valence-corrected chi connectivity index (χ0v) is 11.7. The van der Waals surface area contributed by atoms with Gasteiger partial charge in [0.2, 0.25) is 5.91 Å². The van der Waals surface area contributed by atoms with Gasteiger partial charge in [0.15, 0.2) is 0 Å². The van der Waals surface area contributed by atoms with E-state index in [1.807, 2.05) is 12.1 Å². The average Bonchev–Trinajstić information content (AvgIpc) is 2.98. The number of rotatable bonds is 6. The normalized spacial score (nSPS) is 15.4. The molecule has 0 atom stereocenters. The van der Waals surface area contributed by atoms with Crippen LogP contribution in [0.5, 0.6) is 5.75 Å². The van der Waals surface area contributed by atoms with Crippen molar-refractivity contribution in [2.75, 3.05) is 13.2 Å². The van der Waals surface area contributed by atoms with Crippen molar-refractivity contribution < 1.29 is 9.53 Å². The van der Waals surface area contributed by atoms with E-state index in [2.05, 4.69) is 24.4 Å². The van der Waals surface area contributed by atoms with Crippen LogP contribution in [0.4, 0.5) is 0 Å². The van der Waals surface area contributed by atoms with Crippen LogP contribution < -0.4 is 10.1 Å². The minimum Gasteiger partial charge on any atom is -0.492 e.